The minimum Gasteiger partial charge on any atom is -0.497 e. The molecule has 142 valence electrons. The van der Waals surface area contributed by atoms with Crippen molar-refractivity contribution in [1.29, 1.82) is 0 Å². The molecule has 0 aromatic heterocycles. The van der Waals surface area contributed by atoms with Crippen molar-refractivity contribution >= 4 is 29.9 Å². The Morgan fingerprint density at radius 3 is 2.58 bits per heavy atom. The van der Waals surface area contributed by atoms with Gasteiger partial charge in [0.1, 0.15) is 11.5 Å². The average Bonchev–Trinajstić information content (AvgIpc) is 2.65. The molecule has 0 heterocycles. The summed E-state index contributed by atoms with van der Waals surface area (Å²) < 4.78 is 10.9. The lowest BCUT2D eigenvalue weighted by Gasteiger charge is -2.14. The van der Waals surface area contributed by atoms with Gasteiger partial charge in [-0.05, 0) is 37.6 Å². The number of guanidine groups is 1. The molecule has 2 rings (SSSR count). The smallest absolute Gasteiger partial charge is 0.191 e. The van der Waals surface area contributed by atoms with Crippen LogP contribution in [0.4, 0.5) is 0 Å². The summed E-state index contributed by atoms with van der Waals surface area (Å²) in [6.45, 7) is 6.73. The van der Waals surface area contributed by atoms with Crippen LogP contribution in [0.15, 0.2) is 53.5 Å². The summed E-state index contributed by atoms with van der Waals surface area (Å²) >= 11 is 0. The molecule has 26 heavy (non-hydrogen) atoms. The fourth-order valence-electron chi connectivity index (χ4n) is 2.41. The summed E-state index contributed by atoms with van der Waals surface area (Å²) in [6, 6.07) is 16.0. The molecule has 6 heteroatoms. The molecule has 0 atom stereocenters. The summed E-state index contributed by atoms with van der Waals surface area (Å²) in [5.74, 6) is 2.52. The number of halogens is 1. The van der Waals surface area contributed by atoms with Crippen molar-refractivity contribution in [3.8, 4) is 11.5 Å². The van der Waals surface area contributed by atoms with Gasteiger partial charge in [-0.25, -0.2) is 4.99 Å². The van der Waals surface area contributed by atoms with Crippen LogP contribution in [0.5, 0.6) is 11.5 Å². The SMILES string of the molecule is CCNC(=NCc1cccc(OC)c1)NCc1ccccc1OCC.I. The predicted molar refractivity (Wildman–Crippen MR) is 118 cm³/mol. The van der Waals surface area contributed by atoms with Crippen molar-refractivity contribution in [2.75, 3.05) is 20.3 Å². The Kier molecular flexibility index (Phi) is 10.5. The van der Waals surface area contributed by atoms with E-state index in [4.69, 9.17) is 9.47 Å². The first-order chi connectivity index (χ1) is 12.3. The highest BCUT2D eigenvalue weighted by molar-refractivity contribution is 14.0. The molecule has 0 radical (unpaired) electrons. The van der Waals surface area contributed by atoms with Gasteiger partial charge in [0.15, 0.2) is 5.96 Å². The fraction of sp³-hybridized carbons (Fsp3) is 0.350. The third-order valence-corrected chi connectivity index (χ3v) is 3.62. The first-order valence-corrected chi connectivity index (χ1v) is 8.62. The van der Waals surface area contributed by atoms with Gasteiger partial charge in [-0.2, -0.15) is 0 Å². The van der Waals surface area contributed by atoms with Crippen molar-refractivity contribution in [2.24, 2.45) is 4.99 Å². The van der Waals surface area contributed by atoms with Crippen LogP contribution in [0.2, 0.25) is 0 Å². The van der Waals surface area contributed by atoms with E-state index in [1.54, 1.807) is 7.11 Å². The third kappa shape index (κ3) is 7.11. The maximum Gasteiger partial charge on any atom is 0.191 e. The molecule has 0 aliphatic rings. The van der Waals surface area contributed by atoms with Crippen LogP contribution < -0.4 is 20.1 Å². The number of methoxy groups -OCH3 is 1. The fourth-order valence-corrected chi connectivity index (χ4v) is 2.41. The zero-order chi connectivity index (χ0) is 17.9. The molecule has 0 unspecified atom stereocenters. The van der Waals surface area contributed by atoms with Crippen LogP contribution >= 0.6 is 24.0 Å². The largest absolute Gasteiger partial charge is 0.497 e. The molecule has 2 N–H and O–H groups in total. The number of hydrogen-bond acceptors (Lipinski definition) is 3. The normalized spacial score (nSPS) is 10.7. The van der Waals surface area contributed by atoms with Gasteiger partial charge in [0.05, 0.1) is 20.3 Å². The molecule has 2 aromatic carbocycles. The van der Waals surface area contributed by atoms with Crippen molar-refractivity contribution < 1.29 is 9.47 Å². The summed E-state index contributed by atoms with van der Waals surface area (Å²) in [7, 11) is 1.67. The number of benzene rings is 2. The summed E-state index contributed by atoms with van der Waals surface area (Å²) in [6.07, 6.45) is 0. The van der Waals surface area contributed by atoms with Crippen LogP contribution in [0.25, 0.3) is 0 Å². The number of rotatable bonds is 8. The second-order valence-corrected chi connectivity index (χ2v) is 5.44. The van der Waals surface area contributed by atoms with Crippen LogP contribution in [-0.4, -0.2) is 26.2 Å². The van der Waals surface area contributed by atoms with E-state index in [2.05, 4.69) is 28.6 Å². The van der Waals surface area contributed by atoms with Gasteiger partial charge >= 0.3 is 0 Å². The summed E-state index contributed by atoms with van der Waals surface area (Å²) in [4.78, 5) is 4.65. The zero-order valence-electron chi connectivity index (χ0n) is 15.6. The topological polar surface area (TPSA) is 54.9 Å². The standard InChI is InChI=1S/C20H27N3O2.HI/c1-4-21-20(22-14-16-9-8-11-18(13-16)24-3)23-15-17-10-6-7-12-19(17)25-5-2;/h6-13H,4-5,14-15H2,1-3H3,(H2,21,22,23);1H. The molecule has 0 saturated heterocycles. The lowest BCUT2D eigenvalue weighted by atomic mass is 10.2. The quantitative estimate of drug-likeness (QED) is 0.349. The van der Waals surface area contributed by atoms with E-state index in [1.165, 1.54) is 0 Å². The number of aliphatic imine (C=N–C) groups is 1. The molecule has 0 spiro atoms. The second kappa shape index (κ2) is 12.4. The maximum atomic E-state index is 5.67. The summed E-state index contributed by atoms with van der Waals surface area (Å²) in [5.41, 5.74) is 2.21. The number of nitrogens with zero attached hydrogens (tertiary/aromatic N) is 1. The van der Waals surface area contributed by atoms with E-state index in [0.29, 0.717) is 19.7 Å². The Morgan fingerprint density at radius 2 is 1.85 bits per heavy atom. The monoisotopic (exact) mass is 469 g/mol. The molecular formula is C20H28IN3O2. The molecule has 0 aliphatic heterocycles. The number of ether oxygens (including phenoxy) is 2. The highest BCUT2D eigenvalue weighted by atomic mass is 127. The van der Waals surface area contributed by atoms with E-state index in [0.717, 1.165) is 35.1 Å². The maximum absolute atomic E-state index is 5.67. The van der Waals surface area contributed by atoms with Crippen LogP contribution in [0.3, 0.4) is 0 Å². The number of para-hydroxylation sites is 1. The molecule has 0 bridgehead atoms. The first kappa shape index (κ1) is 22.1. The Bertz CT molecular complexity index is 692. The highest BCUT2D eigenvalue weighted by Gasteiger charge is 2.04. The van der Waals surface area contributed by atoms with Crippen LogP contribution in [0, 0.1) is 0 Å². The second-order valence-electron chi connectivity index (χ2n) is 5.44. The minimum atomic E-state index is 0. The molecular weight excluding hydrogens is 441 g/mol. The van der Waals surface area contributed by atoms with Gasteiger partial charge in [-0.15, -0.1) is 24.0 Å². The number of nitrogens with one attached hydrogen (secondary N) is 2. The molecule has 5 nitrogen and oxygen atoms in total. The van der Waals surface area contributed by atoms with Gasteiger partial charge in [-0.1, -0.05) is 30.3 Å². The van der Waals surface area contributed by atoms with Crippen molar-refractivity contribution in [1.82, 2.24) is 10.6 Å². The average molecular weight is 469 g/mol. The highest BCUT2D eigenvalue weighted by Crippen LogP contribution is 2.17. The Hall–Kier alpha value is -1.96. The predicted octanol–water partition coefficient (Wildman–Crippen LogP) is 3.97. The van der Waals surface area contributed by atoms with Crippen molar-refractivity contribution in [3.05, 3.63) is 59.7 Å². The van der Waals surface area contributed by atoms with Gasteiger partial charge < -0.3 is 20.1 Å². The van der Waals surface area contributed by atoms with E-state index in [9.17, 15) is 0 Å². The Labute approximate surface area is 173 Å². The van der Waals surface area contributed by atoms with E-state index in [-0.39, 0.29) is 24.0 Å². The molecule has 2 aromatic rings. The zero-order valence-corrected chi connectivity index (χ0v) is 17.9. The molecule has 0 saturated carbocycles. The summed E-state index contributed by atoms with van der Waals surface area (Å²) in [5, 5.41) is 6.63. The third-order valence-electron chi connectivity index (χ3n) is 3.62. The first-order valence-electron chi connectivity index (χ1n) is 8.62. The van der Waals surface area contributed by atoms with Gasteiger partial charge in [-0.3, -0.25) is 0 Å². The molecule has 0 aliphatic carbocycles. The number of hydrogen-bond donors (Lipinski definition) is 2. The van der Waals surface area contributed by atoms with Crippen molar-refractivity contribution in [3.63, 3.8) is 0 Å². The van der Waals surface area contributed by atoms with E-state index < -0.39 is 0 Å². The lowest BCUT2D eigenvalue weighted by Crippen LogP contribution is -2.36. The molecule has 0 fully saturated rings. The molecule has 0 amide bonds. The van der Waals surface area contributed by atoms with Gasteiger partial charge in [0.25, 0.3) is 0 Å². The minimum absolute atomic E-state index is 0. The lowest BCUT2D eigenvalue weighted by molar-refractivity contribution is 0.336. The van der Waals surface area contributed by atoms with Crippen LogP contribution in [-0.2, 0) is 13.1 Å². The van der Waals surface area contributed by atoms with Crippen molar-refractivity contribution in [2.45, 2.75) is 26.9 Å². The van der Waals surface area contributed by atoms with E-state index in [1.807, 2.05) is 49.4 Å². The van der Waals surface area contributed by atoms with Gasteiger partial charge in [0.2, 0.25) is 0 Å². The van der Waals surface area contributed by atoms with Gasteiger partial charge in [0, 0.05) is 18.7 Å². The Morgan fingerprint density at radius 1 is 1.04 bits per heavy atom. The Balaban J connectivity index is 0.00000338. The van der Waals surface area contributed by atoms with E-state index >= 15 is 0 Å². The van der Waals surface area contributed by atoms with Crippen LogP contribution in [0.1, 0.15) is 25.0 Å².